The first-order valence-electron chi connectivity index (χ1n) is 5.24. The molecule has 4 nitrogen and oxygen atoms in total. The van der Waals surface area contributed by atoms with E-state index in [2.05, 4.69) is 0 Å². The minimum absolute atomic E-state index is 0.0835. The summed E-state index contributed by atoms with van der Waals surface area (Å²) < 4.78 is 5.48. The lowest BCUT2D eigenvalue weighted by Gasteiger charge is -2.08. The summed E-state index contributed by atoms with van der Waals surface area (Å²) in [5, 5.41) is 20.1. The van der Waals surface area contributed by atoms with Crippen molar-refractivity contribution in [3.05, 3.63) is 50.7 Å². The van der Waals surface area contributed by atoms with Gasteiger partial charge in [-0.3, -0.25) is 0 Å². The summed E-state index contributed by atoms with van der Waals surface area (Å²) in [7, 11) is 0. The largest absolute Gasteiger partial charge is 0.487 e. The lowest BCUT2D eigenvalue weighted by Crippen LogP contribution is -2.02. The molecule has 1 heterocycles. The molecule has 0 spiro atoms. The number of hydrogen-bond donors (Lipinski definition) is 1. The molecule has 0 fully saturated rings. The van der Waals surface area contributed by atoms with Crippen LogP contribution in [0.1, 0.15) is 20.8 Å². The number of thiophene rings is 1. The van der Waals surface area contributed by atoms with Crippen LogP contribution in [0.15, 0.2) is 29.6 Å². The van der Waals surface area contributed by atoms with Gasteiger partial charge in [0.15, 0.2) is 0 Å². The van der Waals surface area contributed by atoms with E-state index in [0.717, 1.165) is 11.3 Å². The average molecular weight is 294 g/mol. The Balaban J connectivity index is 2.19. The lowest BCUT2D eigenvalue weighted by atomic mass is 10.2. The number of halogens is 1. The van der Waals surface area contributed by atoms with Crippen molar-refractivity contribution in [1.82, 2.24) is 0 Å². The molecule has 0 amide bonds. The van der Waals surface area contributed by atoms with Gasteiger partial charge < -0.3 is 9.84 Å². The second-order valence-corrected chi connectivity index (χ2v) is 4.97. The fraction of sp³-hybridized carbons (Fsp3) is 0.0769. The molecule has 19 heavy (non-hydrogen) atoms. The van der Waals surface area contributed by atoms with E-state index in [-0.39, 0.29) is 11.5 Å². The standard InChI is InChI=1S/C13H8ClNO3S/c14-10-2-1-8(6-15)11(5-10)18-7-9-3-4-19-12(9)13(16)17/h1-5H,7H2,(H,16,17). The van der Waals surface area contributed by atoms with Gasteiger partial charge in [0.2, 0.25) is 0 Å². The zero-order valence-electron chi connectivity index (χ0n) is 9.59. The van der Waals surface area contributed by atoms with Gasteiger partial charge in [-0.2, -0.15) is 5.26 Å². The highest BCUT2D eigenvalue weighted by molar-refractivity contribution is 7.12. The van der Waals surface area contributed by atoms with E-state index in [0.29, 0.717) is 21.9 Å². The zero-order valence-corrected chi connectivity index (χ0v) is 11.2. The van der Waals surface area contributed by atoms with Crippen LogP contribution in [-0.4, -0.2) is 11.1 Å². The molecule has 1 N–H and O–H groups in total. The molecular formula is C13H8ClNO3S. The summed E-state index contributed by atoms with van der Waals surface area (Å²) in [5.41, 5.74) is 0.929. The van der Waals surface area contributed by atoms with E-state index in [1.807, 2.05) is 6.07 Å². The van der Waals surface area contributed by atoms with Gasteiger partial charge >= 0.3 is 5.97 Å². The van der Waals surface area contributed by atoms with Gasteiger partial charge in [0.1, 0.15) is 23.3 Å². The Hall–Kier alpha value is -2.03. The van der Waals surface area contributed by atoms with E-state index in [9.17, 15) is 4.79 Å². The van der Waals surface area contributed by atoms with Crippen LogP contribution in [0.4, 0.5) is 0 Å². The zero-order chi connectivity index (χ0) is 13.8. The van der Waals surface area contributed by atoms with E-state index in [1.165, 1.54) is 6.07 Å². The van der Waals surface area contributed by atoms with Crippen molar-refractivity contribution in [2.75, 3.05) is 0 Å². The molecule has 0 saturated carbocycles. The monoisotopic (exact) mass is 293 g/mol. The first-order valence-corrected chi connectivity index (χ1v) is 6.49. The van der Waals surface area contributed by atoms with Crippen molar-refractivity contribution in [2.24, 2.45) is 0 Å². The molecule has 0 aliphatic heterocycles. The van der Waals surface area contributed by atoms with Crippen LogP contribution in [0.5, 0.6) is 5.75 Å². The quantitative estimate of drug-likeness (QED) is 0.936. The molecule has 2 rings (SSSR count). The van der Waals surface area contributed by atoms with Crippen LogP contribution < -0.4 is 4.74 Å². The number of benzene rings is 1. The third-order valence-corrected chi connectivity index (χ3v) is 3.57. The second kappa shape index (κ2) is 5.74. The maximum absolute atomic E-state index is 11.0. The fourth-order valence-electron chi connectivity index (χ4n) is 1.50. The minimum atomic E-state index is -0.986. The van der Waals surface area contributed by atoms with Crippen LogP contribution in [0.3, 0.4) is 0 Å². The molecule has 1 aromatic carbocycles. The van der Waals surface area contributed by atoms with Crippen LogP contribution in [0, 0.1) is 11.3 Å². The highest BCUT2D eigenvalue weighted by Crippen LogP contribution is 2.25. The molecule has 6 heteroatoms. The molecule has 0 aliphatic carbocycles. The molecule has 96 valence electrons. The third kappa shape index (κ3) is 3.05. The maximum Gasteiger partial charge on any atom is 0.346 e. The van der Waals surface area contributed by atoms with E-state index in [1.54, 1.807) is 23.6 Å². The summed E-state index contributed by atoms with van der Waals surface area (Å²) >= 11 is 6.97. The van der Waals surface area contributed by atoms with E-state index < -0.39 is 5.97 Å². The van der Waals surface area contributed by atoms with Gasteiger partial charge in [0.25, 0.3) is 0 Å². The molecule has 0 radical (unpaired) electrons. The molecule has 0 aliphatic rings. The minimum Gasteiger partial charge on any atom is -0.487 e. The van der Waals surface area contributed by atoms with Gasteiger partial charge in [0, 0.05) is 16.7 Å². The van der Waals surface area contributed by atoms with E-state index in [4.69, 9.17) is 26.7 Å². The molecule has 0 unspecified atom stereocenters. The summed E-state index contributed by atoms with van der Waals surface area (Å²) in [6.45, 7) is 0.0835. The molecule has 0 atom stereocenters. The summed E-state index contributed by atoms with van der Waals surface area (Å²) in [4.78, 5) is 11.2. The molecule has 2 aromatic rings. The lowest BCUT2D eigenvalue weighted by molar-refractivity contribution is 0.0699. The first kappa shape index (κ1) is 13.4. The number of nitriles is 1. The van der Waals surface area contributed by atoms with Crippen LogP contribution in [0.25, 0.3) is 0 Å². The van der Waals surface area contributed by atoms with Gasteiger partial charge in [-0.1, -0.05) is 11.6 Å². The van der Waals surface area contributed by atoms with Crippen molar-refractivity contribution in [3.63, 3.8) is 0 Å². The number of carboxylic acids is 1. The Morgan fingerprint density at radius 2 is 2.26 bits per heavy atom. The predicted molar refractivity (Wildman–Crippen MR) is 71.8 cm³/mol. The maximum atomic E-state index is 11.0. The van der Waals surface area contributed by atoms with Crippen LogP contribution >= 0.6 is 22.9 Å². The van der Waals surface area contributed by atoms with Crippen molar-refractivity contribution < 1.29 is 14.6 Å². The summed E-state index contributed by atoms with van der Waals surface area (Å²) in [6.07, 6.45) is 0. The molecule has 0 bridgehead atoms. The Labute approximate surface area is 118 Å². The number of rotatable bonds is 4. The van der Waals surface area contributed by atoms with Crippen molar-refractivity contribution >= 4 is 28.9 Å². The van der Waals surface area contributed by atoms with Crippen LogP contribution in [-0.2, 0) is 6.61 Å². The van der Waals surface area contributed by atoms with Gasteiger partial charge in [-0.05, 0) is 23.6 Å². The fourth-order valence-corrected chi connectivity index (χ4v) is 2.41. The highest BCUT2D eigenvalue weighted by atomic mass is 35.5. The van der Waals surface area contributed by atoms with Crippen LogP contribution in [0.2, 0.25) is 5.02 Å². The average Bonchev–Trinajstić information content (AvgIpc) is 2.85. The van der Waals surface area contributed by atoms with E-state index >= 15 is 0 Å². The topological polar surface area (TPSA) is 70.3 Å². The van der Waals surface area contributed by atoms with Gasteiger partial charge in [-0.25, -0.2) is 4.79 Å². The van der Waals surface area contributed by atoms with Crippen molar-refractivity contribution in [2.45, 2.75) is 6.61 Å². The molecule has 1 aromatic heterocycles. The van der Waals surface area contributed by atoms with Crippen molar-refractivity contribution in [1.29, 1.82) is 5.26 Å². The Bertz CT molecular complexity index is 660. The first-order chi connectivity index (χ1) is 9.11. The number of carbonyl (C=O) groups is 1. The number of hydrogen-bond acceptors (Lipinski definition) is 4. The summed E-state index contributed by atoms with van der Waals surface area (Å²) in [5.74, 6) is -0.641. The van der Waals surface area contributed by atoms with Gasteiger partial charge in [0.05, 0.1) is 5.56 Å². The number of ether oxygens (including phenoxy) is 1. The highest BCUT2D eigenvalue weighted by Gasteiger charge is 2.13. The normalized spacial score (nSPS) is 9.89. The van der Waals surface area contributed by atoms with Gasteiger partial charge in [-0.15, -0.1) is 11.3 Å². The Kier molecular flexibility index (Phi) is 4.05. The number of aromatic carboxylic acids is 1. The predicted octanol–water partition coefficient (Wildman–Crippen LogP) is 3.55. The molecule has 0 saturated heterocycles. The smallest absolute Gasteiger partial charge is 0.346 e. The second-order valence-electron chi connectivity index (χ2n) is 3.62. The summed E-state index contributed by atoms with van der Waals surface area (Å²) in [6, 6.07) is 8.37. The Morgan fingerprint density at radius 1 is 1.47 bits per heavy atom. The number of nitrogens with zero attached hydrogens (tertiary/aromatic N) is 1. The molecular weight excluding hydrogens is 286 g/mol. The third-order valence-electron chi connectivity index (χ3n) is 2.39. The Morgan fingerprint density at radius 3 is 2.95 bits per heavy atom. The number of carboxylic acid groups (broad SMARTS) is 1. The SMILES string of the molecule is N#Cc1ccc(Cl)cc1OCc1ccsc1C(=O)O. The van der Waals surface area contributed by atoms with Crippen molar-refractivity contribution in [3.8, 4) is 11.8 Å².